The van der Waals surface area contributed by atoms with E-state index < -0.39 is 11.6 Å². The molecule has 0 amide bonds. The molecule has 2 aromatic rings. The van der Waals surface area contributed by atoms with Gasteiger partial charge in [0.1, 0.15) is 11.3 Å². The van der Waals surface area contributed by atoms with Crippen LogP contribution in [0.1, 0.15) is 20.3 Å². The monoisotopic (exact) mass is 278 g/mol. The average Bonchev–Trinajstić information content (AvgIpc) is 2.43. The summed E-state index contributed by atoms with van der Waals surface area (Å²) in [6, 6.07) is 4.37. The third-order valence-electron chi connectivity index (χ3n) is 2.62. The fraction of sp³-hybridized carbons (Fsp3) is 0.286. The topological polar surface area (TPSA) is 86.0 Å². The lowest BCUT2D eigenvalue weighted by molar-refractivity contribution is -0.134. The predicted octanol–water partition coefficient (Wildman–Crippen LogP) is 2.21. The Balaban J connectivity index is 2.52. The fourth-order valence-corrected chi connectivity index (χ4v) is 1.69. The van der Waals surface area contributed by atoms with Crippen LogP contribution in [-0.4, -0.2) is 17.7 Å². The lowest BCUT2D eigenvalue weighted by Gasteiger charge is -2.08. The average molecular weight is 278 g/mol. The molecule has 1 aromatic heterocycles. The summed E-state index contributed by atoms with van der Waals surface area (Å²) in [5.74, 6) is -0.664. The fourth-order valence-electron chi connectivity index (χ4n) is 1.69. The highest BCUT2D eigenvalue weighted by molar-refractivity contribution is 5.86. The minimum atomic E-state index is -0.782. The van der Waals surface area contributed by atoms with Crippen molar-refractivity contribution in [2.45, 2.75) is 20.3 Å². The van der Waals surface area contributed by atoms with E-state index in [4.69, 9.17) is 13.9 Å². The molecule has 1 N–H and O–H groups in total. The van der Waals surface area contributed by atoms with Crippen molar-refractivity contribution < 1.29 is 23.8 Å². The second-order valence-electron chi connectivity index (χ2n) is 3.99. The van der Waals surface area contributed by atoms with E-state index in [0.717, 1.165) is 0 Å². The smallest absolute Gasteiger partial charge is 0.383 e. The van der Waals surface area contributed by atoms with Crippen LogP contribution in [0.25, 0.3) is 11.0 Å². The molecule has 6 heteroatoms. The van der Waals surface area contributed by atoms with Gasteiger partial charge >= 0.3 is 11.6 Å². The van der Waals surface area contributed by atoms with Gasteiger partial charge < -0.3 is 19.0 Å². The third kappa shape index (κ3) is 2.59. The lowest BCUT2D eigenvalue weighted by atomic mass is 10.2. The Morgan fingerprint density at radius 1 is 1.35 bits per heavy atom. The third-order valence-corrected chi connectivity index (χ3v) is 2.62. The zero-order valence-corrected chi connectivity index (χ0v) is 11.1. The van der Waals surface area contributed by atoms with E-state index in [2.05, 4.69) is 0 Å². The highest BCUT2D eigenvalue weighted by Crippen LogP contribution is 2.33. The zero-order valence-electron chi connectivity index (χ0n) is 11.1. The number of benzene rings is 1. The summed E-state index contributed by atoms with van der Waals surface area (Å²) in [5, 5.41) is 10.3. The molecule has 0 unspecified atom stereocenters. The Morgan fingerprint density at radius 3 is 2.75 bits per heavy atom. The van der Waals surface area contributed by atoms with Crippen molar-refractivity contribution in [3.8, 4) is 17.2 Å². The summed E-state index contributed by atoms with van der Waals surface area (Å²) in [4.78, 5) is 22.9. The van der Waals surface area contributed by atoms with Crippen molar-refractivity contribution in [3.63, 3.8) is 0 Å². The van der Waals surface area contributed by atoms with Crippen LogP contribution < -0.4 is 15.1 Å². The number of fused-ring (bicyclic) bond motifs is 1. The van der Waals surface area contributed by atoms with Gasteiger partial charge in [0.2, 0.25) is 5.75 Å². The van der Waals surface area contributed by atoms with E-state index in [9.17, 15) is 14.7 Å². The maximum Gasteiger partial charge on any atom is 0.383 e. The minimum absolute atomic E-state index is 0.123. The molecule has 0 aliphatic heterocycles. The van der Waals surface area contributed by atoms with Crippen LogP contribution in [0, 0.1) is 0 Å². The molecule has 0 aliphatic carbocycles. The van der Waals surface area contributed by atoms with E-state index >= 15 is 0 Å². The number of ether oxygens (including phenoxy) is 2. The molecule has 20 heavy (non-hydrogen) atoms. The van der Waals surface area contributed by atoms with Crippen LogP contribution in [0.3, 0.4) is 0 Å². The summed E-state index contributed by atoms with van der Waals surface area (Å²) in [5.41, 5.74) is -0.659. The first kappa shape index (κ1) is 13.9. The summed E-state index contributed by atoms with van der Waals surface area (Å²) < 4.78 is 15.1. The molecular weight excluding hydrogens is 264 g/mol. The zero-order chi connectivity index (χ0) is 14.7. The molecule has 2 rings (SSSR count). The van der Waals surface area contributed by atoms with E-state index in [1.807, 2.05) is 0 Å². The minimum Gasteiger partial charge on any atom is -0.504 e. The van der Waals surface area contributed by atoms with Gasteiger partial charge in [0.15, 0.2) is 5.75 Å². The van der Waals surface area contributed by atoms with Gasteiger partial charge in [0, 0.05) is 12.5 Å². The first-order valence-corrected chi connectivity index (χ1v) is 6.20. The number of hydrogen-bond acceptors (Lipinski definition) is 6. The molecule has 0 radical (unpaired) electrons. The highest BCUT2D eigenvalue weighted by atomic mass is 16.5. The maximum absolute atomic E-state index is 11.7. The normalized spacial score (nSPS) is 10.5. The standard InChI is InChI=1S/C14H14O6/c1-3-11(15)19-8-5-6-9-10(7-8)20-14(17)13(12(9)16)18-4-2/h5-7,16H,3-4H2,1-2H3. The van der Waals surface area contributed by atoms with Gasteiger partial charge in [-0.1, -0.05) is 6.92 Å². The summed E-state index contributed by atoms with van der Waals surface area (Å²) >= 11 is 0. The highest BCUT2D eigenvalue weighted by Gasteiger charge is 2.16. The van der Waals surface area contributed by atoms with Gasteiger partial charge in [-0.2, -0.15) is 0 Å². The van der Waals surface area contributed by atoms with Gasteiger partial charge in [-0.3, -0.25) is 4.79 Å². The van der Waals surface area contributed by atoms with Crippen molar-refractivity contribution in [1.82, 2.24) is 0 Å². The van der Waals surface area contributed by atoms with Crippen molar-refractivity contribution >= 4 is 16.9 Å². The largest absolute Gasteiger partial charge is 0.504 e. The molecular formula is C14H14O6. The second-order valence-corrected chi connectivity index (χ2v) is 3.99. The Kier molecular flexibility index (Phi) is 3.93. The number of rotatable bonds is 4. The Hall–Kier alpha value is -2.50. The first-order chi connectivity index (χ1) is 9.56. The summed E-state index contributed by atoms with van der Waals surface area (Å²) in [7, 11) is 0. The van der Waals surface area contributed by atoms with Crippen molar-refractivity contribution in [3.05, 3.63) is 28.6 Å². The van der Waals surface area contributed by atoms with E-state index in [1.165, 1.54) is 18.2 Å². The molecule has 0 saturated heterocycles. The van der Waals surface area contributed by atoms with Crippen LogP contribution in [0.4, 0.5) is 0 Å². The Bertz CT molecular complexity index is 701. The summed E-state index contributed by atoms with van der Waals surface area (Å²) in [6.07, 6.45) is 0.233. The summed E-state index contributed by atoms with van der Waals surface area (Å²) in [6.45, 7) is 3.59. The second kappa shape index (κ2) is 5.64. The number of aromatic hydroxyl groups is 1. The SMILES string of the molecule is CCOc1c(O)c2ccc(OC(=O)CC)cc2oc1=O. The molecule has 1 heterocycles. The molecule has 106 valence electrons. The number of esters is 1. The molecule has 0 atom stereocenters. The van der Waals surface area contributed by atoms with Crippen LogP contribution in [0.15, 0.2) is 27.4 Å². The van der Waals surface area contributed by atoms with Crippen LogP contribution in [-0.2, 0) is 4.79 Å². The molecule has 6 nitrogen and oxygen atoms in total. The van der Waals surface area contributed by atoms with Gasteiger partial charge in [0.25, 0.3) is 0 Å². The quantitative estimate of drug-likeness (QED) is 0.524. The van der Waals surface area contributed by atoms with E-state index in [0.29, 0.717) is 5.39 Å². The van der Waals surface area contributed by atoms with Crippen molar-refractivity contribution in [2.24, 2.45) is 0 Å². The Labute approximate surface area is 114 Å². The predicted molar refractivity (Wildman–Crippen MR) is 71.2 cm³/mol. The van der Waals surface area contributed by atoms with Crippen LogP contribution >= 0.6 is 0 Å². The van der Waals surface area contributed by atoms with Gasteiger partial charge in [-0.25, -0.2) is 4.79 Å². The molecule has 0 spiro atoms. The maximum atomic E-state index is 11.7. The van der Waals surface area contributed by atoms with Crippen molar-refractivity contribution in [1.29, 1.82) is 0 Å². The number of carbonyl (C=O) groups excluding carboxylic acids is 1. The van der Waals surface area contributed by atoms with E-state index in [-0.39, 0.29) is 35.9 Å². The van der Waals surface area contributed by atoms with Crippen molar-refractivity contribution in [2.75, 3.05) is 6.61 Å². The molecule has 0 aliphatic rings. The number of hydrogen-bond donors (Lipinski definition) is 1. The Morgan fingerprint density at radius 2 is 2.10 bits per heavy atom. The van der Waals surface area contributed by atoms with Crippen LogP contribution in [0.5, 0.6) is 17.2 Å². The van der Waals surface area contributed by atoms with E-state index in [1.54, 1.807) is 13.8 Å². The van der Waals surface area contributed by atoms with Crippen LogP contribution in [0.2, 0.25) is 0 Å². The van der Waals surface area contributed by atoms with Gasteiger partial charge in [-0.15, -0.1) is 0 Å². The number of carbonyl (C=O) groups is 1. The van der Waals surface area contributed by atoms with Gasteiger partial charge in [-0.05, 0) is 19.1 Å². The molecule has 0 bridgehead atoms. The molecule has 0 fully saturated rings. The first-order valence-electron chi connectivity index (χ1n) is 6.20. The molecule has 0 saturated carbocycles. The van der Waals surface area contributed by atoms with Gasteiger partial charge in [0.05, 0.1) is 12.0 Å². The molecule has 1 aromatic carbocycles. The lowest BCUT2D eigenvalue weighted by Crippen LogP contribution is -2.08.